The zero-order valence-corrected chi connectivity index (χ0v) is 17.1. The van der Waals surface area contributed by atoms with Crippen LogP contribution in [-0.4, -0.2) is 23.0 Å². The summed E-state index contributed by atoms with van der Waals surface area (Å²) in [4.78, 5) is 15.2. The molecule has 31 heavy (non-hydrogen) atoms. The molecule has 6 nitrogen and oxygen atoms in total. The zero-order valence-electron chi connectivity index (χ0n) is 17.1. The Kier molecular flexibility index (Phi) is 6.40. The lowest BCUT2D eigenvalue weighted by atomic mass is 10.0. The van der Waals surface area contributed by atoms with Gasteiger partial charge < -0.3 is 24.8 Å². The summed E-state index contributed by atoms with van der Waals surface area (Å²) in [5.74, 6) is 1.42. The Morgan fingerprint density at radius 3 is 2.81 bits per heavy atom. The minimum Gasteiger partial charge on any atom is -0.489 e. The molecule has 4 aromatic rings. The second-order valence-electron chi connectivity index (χ2n) is 7.26. The Morgan fingerprint density at radius 2 is 2.00 bits per heavy atom. The lowest BCUT2D eigenvalue weighted by Gasteiger charge is -2.12. The molecule has 6 heteroatoms. The molecule has 2 aromatic carbocycles. The average molecular weight is 416 g/mol. The van der Waals surface area contributed by atoms with Gasteiger partial charge in [-0.2, -0.15) is 0 Å². The summed E-state index contributed by atoms with van der Waals surface area (Å²) in [5, 5.41) is 10.2. The van der Waals surface area contributed by atoms with Crippen LogP contribution >= 0.6 is 0 Å². The van der Waals surface area contributed by atoms with Crippen LogP contribution in [-0.2, 0) is 30.8 Å². The van der Waals surface area contributed by atoms with Gasteiger partial charge in [-0.05, 0) is 47.5 Å². The van der Waals surface area contributed by atoms with Crippen molar-refractivity contribution in [3.8, 4) is 16.9 Å². The maximum Gasteiger partial charge on any atom is 0.142 e. The van der Waals surface area contributed by atoms with E-state index in [9.17, 15) is 9.90 Å². The van der Waals surface area contributed by atoms with Gasteiger partial charge in [0.05, 0.1) is 12.3 Å². The van der Waals surface area contributed by atoms with Crippen LogP contribution in [0.5, 0.6) is 5.75 Å². The highest BCUT2D eigenvalue weighted by Crippen LogP contribution is 2.33. The summed E-state index contributed by atoms with van der Waals surface area (Å²) < 4.78 is 12.1. The number of para-hydroxylation sites is 1. The molecule has 0 spiro atoms. The molecule has 2 heterocycles. The molecule has 0 atom stereocenters. The monoisotopic (exact) mass is 416 g/mol. The van der Waals surface area contributed by atoms with Crippen LogP contribution in [0.25, 0.3) is 22.1 Å². The number of ether oxygens (including phenoxy) is 1. The van der Waals surface area contributed by atoms with Crippen LogP contribution in [0.4, 0.5) is 0 Å². The summed E-state index contributed by atoms with van der Waals surface area (Å²) in [5.41, 5.74) is 11.0. The van der Waals surface area contributed by atoms with Crippen molar-refractivity contribution in [1.82, 2.24) is 4.98 Å². The number of pyridine rings is 1. The lowest BCUT2D eigenvalue weighted by molar-refractivity contribution is -0.107. The minimum absolute atomic E-state index is 0.0191. The van der Waals surface area contributed by atoms with Gasteiger partial charge in [-0.15, -0.1) is 0 Å². The van der Waals surface area contributed by atoms with Gasteiger partial charge in [0.25, 0.3) is 0 Å². The molecule has 0 aliphatic carbocycles. The fraction of sp³-hybridized carbons (Fsp3) is 0.200. The van der Waals surface area contributed by atoms with Crippen molar-refractivity contribution >= 4 is 17.3 Å². The van der Waals surface area contributed by atoms with Crippen LogP contribution in [0.3, 0.4) is 0 Å². The van der Waals surface area contributed by atoms with Crippen molar-refractivity contribution in [2.75, 3.05) is 6.61 Å². The van der Waals surface area contributed by atoms with Gasteiger partial charge in [-0.25, -0.2) is 0 Å². The van der Waals surface area contributed by atoms with Gasteiger partial charge in [0.1, 0.15) is 30.0 Å². The molecule has 0 fully saturated rings. The number of hydrogen-bond donors (Lipinski definition) is 2. The van der Waals surface area contributed by atoms with Gasteiger partial charge in [0.15, 0.2) is 0 Å². The van der Waals surface area contributed by atoms with Crippen LogP contribution in [0.2, 0.25) is 0 Å². The Balaban J connectivity index is 1.73. The second kappa shape index (κ2) is 9.55. The molecular weight excluding hydrogens is 392 g/mol. The highest BCUT2D eigenvalue weighted by molar-refractivity contribution is 5.93. The quantitative estimate of drug-likeness (QED) is 0.403. The van der Waals surface area contributed by atoms with Gasteiger partial charge in [-0.3, -0.25) is 4.98 Å². The molecule has 0 radical (unpaired) electrons. The first-order chi connectivity index (χ1) is 15.2. The molecule has 0 amide bonds. The number of nitrogens with zero attached hydrogens (tertiary/aromatic N) is 1. The number of carbonyl (C=O) groups excluding carboxylic acids is 1. The average Bonchev–Trinajstić information content (AvgIpc) is 3.21. The first kappa shape index (κ1) is 20.8. The molecule has 0 saturated heterocycles. The first-order valence-corrected chi connectivity index (χ1v) is 10.2. The molecule has 0 bridgehead atoms. The number of nitrogens with two attached hydrogens (primary N) is 1. The van der Waals surface area contributed by atoms with Gasteiger partial charge >= 0.3 is 0 Å². The van der Waals surface area contributed by atoms with E-state index < -0.39 is 0 Å². The van der Waals surface area contributed by atoms with E-state index >= 15 is 0 Å². The predicted molar refractivity (Wildman–Crippen MR) is 119 cm³/mol. The van der Waals surface area contributed by atoms with E-state index in [0.717, 1.165) is 51.0 Å². The van der Waals surface area contributed by atoms with E-state index in [-0.39, 0.29) is 6.61 Å². The standard InChI is InChI=1S/C25H24N2O4/c26-15-21-13-19(5-8-27-21)23-12-17(11-20-14-22(7-10-29)31-25(20)23)16-30-24-4-2-1-3-18(24)6-9-28/h1-5,8-9,11-14,29H,6-7,10,15-16,26H2. The maximum atomic E-state index is 11.0. The largest absolute Gasteiger partial charge is 0.489 e. The van der Waals surface area contributed by atoms with E-state index in [0.29, 0.717) is 31.7 Å². The SMILES string of the molecule is NCc1cc(-c2cc(COc3ccccc3CC=O)cc3cc(CCO)oc23)ccn1. The molecule has 3 N–H and O–H groups in total. The van der Waals surface area contributed by atoms with Crippen molar-refractivity contribution in [3.05, 3.63) is 83.4 Å². The summed E-state index contributed by atoms with van der Waals surface area (Å²) in [6, 6.07) is 17.4. The summed E-state index contributed by atoms with van der Waals surface area (Å²) in [6.07, 6.45) is 3.37. The van der Waals surface area contributed by atoms with E-state index in [4.69, 9.17) is 14.9 Å². The lowest BCUT2D eigenvalue weighted by Crippen LogP contribution is -2.00. The van der Waals surface area contributed by atoms with Crippen LogP contribution < -0.4 is 10.5 Å². The number of aliphatic hydroxyl groups is 1. The molecule has 0 saturated carbocycles. The third-order valence-corrected chi connectivity index (χ3v) is 5.09. The summed E-state index contributed by atoms with van der Waals surface area (Å²) in [7, 11) is 0. The minimum atomic E-state index is 0.0191. The number of fused-ring (bicyclic) bond motifs is 1. The van der Waals surface area contributed by atoms with Crippen LogP contribution in [0, 0.1) is 0 Å². The highest BCUT2D eigenvalue weighted by atomic mass is 16.5. The third kappa shape index (κ3) is 4.66. The predicted octanol–water partition coefficient (Wildman–Crippen LogP) is 3.81. The van der Waals surface area contributed by atoms with E-state index in [1.54, 1.807) is 6.20 Å². The number of aliphatic hydroxyl groups excluding tert-OH is 1. The number of furan rings is 1. The van der Waals surface area contributed by atoms with Crippen molar-refractivity contribution < 1.29 is 19.1 Å². The van der Waals surface area contributed by atoms with E-state index in [2.05, 4.69) is 4.98 Å². The Bertz CT molecular complexity index is 1200. The Morgan fingerprint density at radius 1 is 1.13 bits per heavy atom. The fourth-order valence-corrected chi connectivity index (χ4v) is 3.62. The summed E-state index contributed by atoms with van der Waals surface area (Å²) >= 11 is 0. The molecule has 158 valence electrons. The Hall–Kier alpha value is -3.48. The highest BCUT2D eigenvalue weighted by Gasteiger charge is 2.14. The molecule has 0 unspecified atom stereocenters. The van der Waals surface area contributed by atoms with E-state index in [1.165, 1.54) is 0 Å². The number of hydrogen-bond acceptors (Lipinski definition) is 6. The van der Waals surface area contributed by atoms with Crippen LogP contribution in [0.15, 0.2) is 65.2 Å². The molecular formula is C25H24N2O4. The first-order valence-electron chi connectivity index (χ1n) is 10.2. The van der Waals surface area contributed by atoms with Crippen molar-refractivity contribution in [3.63, 3.8) is 0 Å². The number of aldehydes is 1. The van der Waals surface area contributed by atoms with Crippen LogP contribution in [0.1, 0.15) is 22.6 Å². The Labute approximate surface area is 180 Å². The summed E-state index contributed by atoms with van der Waals surface area (Å²) in [6.45, 7) is 0.709. The smallest absolute Gasteiger partial charge is 0.142 e. The van der Waals surface area contributed by atoms with Gasteiger partial charge in [0.2, 0.25) is 0 Å². The second-order valence-corrected chi connectivity index (χ2v) is 7.26. The fourth-order valence-electron chi connectivity index (χ4n) is 3.62. The van der Waals surface area contributed by atoms with Crippen molar-refractivity contribution in [2.24, 2.45) is 5.73 Å². The maximum absolute atomic E-state index is 11.0. The number of aromatic nitrogens is 1. The van der Waals surface area contributed by atoms with Crippen molar-refractivity contribution in [1.29, 1.82) is 0 Å². The zero-order chi connectivity index (χ0) is 21.6. The third-order valence-electron chi connectivity index (χ3n) is 5.09. The van der Waals surface area contributed by atoms with Gasteiger partial charge in [-0.1, -0.05) is 18.2 Å². The molecule has 0 aliphatic heterocycles. The topological polar surface area (TPSA) is 98.6 Å². The van der Waals surface area contributed by atoms with E-state index in [1.807, 2.05) is 54.6 Å². The molecule has 0 aliphatic rings. The molecule has 2 aromatic heterocycles. The number of benzene rings is 2. The molecule has 4 rings (SSSR count). The number of rotatable bonds is 9. The number of carbonyl (C=O) groups is 1. The normalized spacial score (nSPS) is 11.0. The van der Waals surface area contributed by atoms with Crippen molar-refractivity contribution in [2.45, 2.75) is 26.0 Å². The van der Waals surface area contributed by atoms with Gasteiger partial charge in [0, 0.05) is 42.1 Å².